The molecule has 0 aliphatic rings. The molecule has 2 N–H and O–H groups in total. The van der Waals surface area contributed by atoms with E-state index in [1.165, 1.54) is 12.3 Å². The Morgan fingerprint density at radius 2 is 2.29 bits per heavy atom. The molecule has 0 bridgehead atoms. The fourth-order valence-corrected chi connectivity index (χ4v) is 1.57. The first-order chi connectivity index (χ1) is 10.2. The summed E-state index contributed by atoms with van der Waals surface area (Å²) in [5.74, 6) is 0.0424. The zero-order chi connectivity index (χ0) is 15.1. The average molecular weight is 292 g/mol. The van der Waals surface area contributed by atoms with E-state index >= 15 is 0 Å². The molecule has 0 saturated carbocycles. The van der Waals surface area contributed by atoms with Gasteiger partial charge in [-0.05, 0) is 12.1 Å². The number of rotatable bonds is 8. The number of methoxy groups -OCH3 is 1. The quantitative estimate of drug-likeness (QED) is 0.719. The maximum absolute atomic E-state index is 10.7. The fourth-order valence-electron chi connectivity index (χ4n) is 1.57. The first-order valence-corrected chi connectivity index (χ1v) is 6.31. The van der Waals surface area contributed by atoms with Crippen LogP contribution in [-0.4, -0.2) is 36.4 Å². The van der Waals surface area contributed by atoms with E-state index in [1.807, 2.05) is 6.07 Å². The van der Waals surface area contributed by atoms with E-state index in [4.69, 9.17) is 19.0 Å². The highest BCUT2D eigenvalue weighted by Crippen LogP contribution is 2.14. The second-order valence-electron chi connectivity index (χ2n) is 4.19. The maximum Gasteiger partial charge on any atom is 0.338 e. The zero-order valence-electron chi connectivity index (χ0n) is 11.5. The highest BCUT2D eigenvalue weighted by Gasteiger charge is 2.07. The Labute approximate surface area is 121 Å². The van der Waals surface area contributed by atoms with Crippen LogP contribution in [0.4, 0.5) is 5.69 Å². The summed E-state index contributed by atoms with van der Waals surface area (Å²) in [5, 5.41) is 11.9. The van der Waals surface area contributed by atoms with Crippen molar-refractivity contribution in [2.24, 2.45) is 0 Å². The molecule has 7 nitrogen and oxygen atoms in total. The fraction of sp³-hybridized carbons (Fsp3) is 0.286. The Kier molecular flexibility index (Phi) is 5.16. The number of pyridine rings is 1. The van der Waals surface area contributed by atoms with Crippen LogP contribution in [0.5, 0.6) is 5.88 Å². The summed E-state index contributed by atoms with van der Waals surface area (Å²) in [6.45, 7) is 1.32. The lowest BCUT2D eigenvalue weighted by atomic mass is 10.3. The van der Waals surface area contributed by atoms with Gasteiger partial charge in [0.25, 0.3) is 0 Å². The molecule has 2 aromatic heterocycles. The van der Waals surface area contributed by atoms with Gasteiger partial charge in [-0.15, -0.1) is 0 Å². The van der Waals surface area contributed by atoms with Gasteiger partial charge in [0.15, 0.2) is 0 Å². The number of anilines is 1. The molecule has 0 aromatic carbocycles. The van der Waals surface area contributed by atoms with E-state index in [0.29, 0.717) is 31.4 Å². The van der Waals surface area contributed by atoms with Crippen LogP contribution in [0.1, 0.15) is 16.1 Å². The van der Waals surface area contributed by atoms with Crippen LogP contribution in [0.15, 0.2) is 35.1 Å². The molecule has 0 radical (unpaired) electrons. The number of nitrogens with zero attached hydrogens (tertiary/aromatic N) is 1. The number of hydrogen-bond donors (Lipinski definition) is 2. The van der Waals surface area contributed by atoms with Crippen molar-refractivity contribution in [2.45, 2.75) is 6.54 Å². The number of ether oxygens (including phenoxy) is 2. The Bertz CT molecular complexity index is 579. The minimum Gasteiger partial charge on any atom is -0.478 e. The highest BCUT2D eigenvalue weighted by molar-refractivity contribution is 5.87. The van der Waals surface area contributed by atoms with Crippen LogP contribution in [-0.2, 0) is 11.3 Å². The Morgan fingerprint density at radius 1 is 1.43 bits per heavy atom. The van der Waals surface area contributed by atoms with Gasteiger partial charge in [0.1, 0.15) is 18.6 Å². The molecule has 0 spiro atoms. The molecule has 0 fully saturated rings. The van der Waals surface area contributed by atoms with Gasteiger partial charge in [-0.25, -0.2) is 9.78 Å². The molecule has 21 heavy (non-hydrogen) atoms. The van der Waals surface area contributed by atoms with Gasteiger partial charge in [-0.3, -0.25) is 0 Å². The molecule has 0 atom stereocenters. The van der Waals surface area contributed by atoms with Crippen LogP contribution in [0, 0.1) is 0 Å². The average Bonchev–Trinajstić information content (AvgIpc) is 2.96. The van der Waals surface area contributed by atoms with Crippen LogP contribution in [0.25, 0.3) is 0 Å². The summed E-state index contributed by atoms with van der Waals surface area (Å²) in [4.78, 5) is 14.9. The van der Waals surface area contributed by atoms with Crippen molar-refractivity contribution in [1.29, 1.82) is 0 Å². The van der Waals surface area contributed by atoms with Crippen molar-refractivity contribution in [2.75, 3.05) is 25.6 Å². The van der Waals surface area contributed by atoms with Gasteiger partial charge in [0, 0.05) is 13.2 Å². The molecule has 0 aliphatic carbocycles. The number of carboxylic acids is 1. The smallest absolute Gasteiger partial charge is 0.338 e. The second kappa shape index (κ2) is 7.30. The minimum atomic E-state index is -1.01. The summed E-state index contributed by atoms with van der Waals surface area (Å²) >= 11 is 0. The molecular formula is C14H16N2O5. The predicted octanol–water partition coefficient (Wildman–Crippen LogP) is 2.01. The van der Waals surface area contributed by atoms with E-state index in [-0.39, 0.29) is 5.56 Å². The van der Waals surface area contributed by atoms with Crippen molar-refractivity contribution in [3.8, 4) is 5.88 Å². The van der Waals surface area contributed by atoms with Crippen molar-refractivity contribution in [3.05, 3.63) is 42.0 Å². The van der Waals surface area contributed by atoms with Gasteiger partial charge in [-0.1, -0.05) is 0 Å². The first-order valence-electron chi connectivity index (χ1n) is 6.31. The number of aromatic nitrogens is 1. The maximum atomic E-state index is 10.7. The lowest BCUT2D eigenvalue weighted by Gasteiger charge is -2.06. The van der Waals surface area contributed by atoms with Gasteiger partial charge in [0.2, 0.25) is 5.88 Å². The largest absolute Gasteiger partial charge is 0.478 e. The Balaban J connectivity index is 1.83. The number of nitrogens with one attached hydrogen (secondary N) is 1. The number of aromatic carboxylic acids is 1. The van der Waals surface area contributed by atoms with Crippen molar-refractivity contribution in [1.82, 2.24) is 4.98 Å². The zero-order valence-corrected chi connectivity index (χ0v) is 11.5. The van der Waals surface area contributed by atoms with Gasteiger partial charge in [-0.2, -0.15) is 0 Å². The first kappa shape index (κ1) is 14.9. The molecular weight excluding hydrogens is 276 g/mol. The number of hydrogen-bond acceptors (Lipinski definition) is 6. The number of carboxylic acid groups (broad SMARTS) is 1. The normalized spacial score (nSPS) is 10.3. The van der Waals surface area contributed by atoms with E-state index in [9.17, 15) is 4.79 Å². The van der Waals surface area contributed by atoms with Crippen LogP contribution in [0.2, 0.25) is 0 Å². The summed E-state index contributed by atoms with van der Waals surface area (Å²) in [5.41, 5.74) is 0.911. The molecule has 112 valence electrons. The van der Waals surface area contributed by atoms with Gasteiger partial charge in [0.05, 0.1) is 30.6 Å². The molecule has 0 unspecified atom stereocenters. The molecule has 7 heteroatoms. The van der Waals surface area contributed by atoms with Gasteiger partial charge < -0.3 is 24.3 Å². The minimum absolute atomic E-state index is 0.131. The summed E-state index contributed by atoms with van der Waals surface area (Å²) in [6.07, 6.45) is 2.84. The summed E-state index contributed by atoms with van der Waals surface area (Å²) < 4.78 is 15.4. The molecule has 0 saturated heterocycles. The molecule has 2 aromatic rings. The topological polar surface area (TPSA) is 93.8 Å². The summed E-state index contributed by atoms with van der Waals surface area (Å²) in [7, 11) is 1.61. The van der Waals surface area contributed by atoms with E-state index in [1.54, 1.807) is 19.4 Å². The van der Waals surface area contributed by atoms with Crippen LogP contribution < -0.4 is 10.1 Å². The number of carbonyl (C=O) groups is 1. The van der Waals surface area contributed by atoms with Crippen molar-refractivity contribution in [3.63, 3.8) is 0 Å². The number of furan rings is 1. The second-order valence-corrected chi connectivity index (χ2v) is 4.19. The Hall–Kier alpha value is -2.54. The monoisotopic (exact) mass is 292 g/mol. The third-order valence-electron chi connectivity index (χ3n) is 2.64. The third kappa shape index (κ3) is 4.50. The van der Waals surface area contributed by atoms with Crippen LogP contribution >= 0.6 is 0 Å². The molecule has 0 aliphatic heterocycles. The molecule has 2 heterocycles. The third-order valence-corrected chi connectivity index (χ3v) is 2.64. The molecule has 0 amide bonds. The lowest BCUT2D eigenvalue weighted by molar-refractivity contribution is 0.0696. The van der Waals surface area contributed by atoms with Crippen molar-refractivity contribution < 1.29 is 23.8 Å². The van der Waals surface area contributed by atoms with Crippen LogP contribution in [0.3, 0.4) is 0 Å². The Morgan fingerprint density at radius 3 is 2.90 bits per heavy atom. The van der Waals surface area contributed by atoms with E-state index in [2.05, 4.69) is 10.3 Å². The standard InChI is InChI=1S/C14H16N2O5/c1-19-4-5-20-13-3-2-11(7-16-13)15-8-12-6-10(9-21-12)14(17)18/h2-3,6-7,9,15H,4-5,8H2,1H3,(H,17,18). The van der Waals surface area contributed by atoms with E-state index < -0.39 is 5.97 Å². The SMILES string of the molecule is COCCOc1ccc(NCc2cc(C(=O)O)co2)cn1. The summed E-state index contributed by atoms with van der Waals surface area (Å²) in [6, 6.07) is 5.03. The highest BCUT2D eigenvalue weighted by atomic mass is 16.5. The van der Waals surface area contributed by atoms with Crippen molar-refractivity contribution >= 4 is 11.7 Å². The molecule has 2 rings (SSSR count). The predicted molar refractivity (Wildman–Crippen MR) is 74.6 cm³/mol. The van der Waals surface area contributed by atoms with Gasteiger partial charge >= 0.3 is 5.97 Å². The van der Waals surface area contributed by atoms with E-state index in [0.717, 1.165) is 5.69 Å². The lowest BCUT2D eigenvalue weighted by Crippen LogP contribution is -2.05.